The smallest absolute Gasteiger partial charge is 0.322 e. The molecule has 0 fully saturated rings. The van der Waals surface area contributed by atoms with Crippen molar-refractivity contribution in [2.75, 3.05) is 11.6 Å². The fourth-order valence-corrected chi connectivity index (χ4v) is 2.96. The molecular formula is C20H26N2O4S. The molecule has 0 saturated heterocycles. The number of nitrogens with one attached hydrogen (secondary N) is 1. The van der Waals surface area contributed by atoms with Crippen molar-refractivity contribution < 1.29 is 17.4 Å². The summed E-state index contributed by atoms with van der Waals surface area (Å²) < 4.78 is 27.2. The zero-order valence-electron chi connectivity index (χ0n) is 16.1. The van der Waals surface area contributed by atoms with Crippen LogP contribution in [0.4, 0.5) is 10.5 Å². The third-order valence-electron chi connectivity index (χ3n) is 4.21. The number of benzene rings is 2. The number of rotatable bonds is 7. The molecule has 1 N–H and O–H groups in total. The lowest BCUT2D eigenvalue weighted by atomic mass is 10.1. The van der Waals surface area contributed by atoms with E-state index in [4.69, 9.17) is 4.18 Å². The number of hydrogen-bond donors (Lipinski definition) is 1. The summed E-state index contributed by atoms with van der Waals surface area (Å²) in [4.78, 5) is 14.5. The lowest BCUT2D eigenvalue weighted by molar-refractivity contribution is 0.187. The minimum Gasteiger partial charge on any atom is -0.383 e. The maximum absolute atomic E-state index is 12.8. The molecule has 2 aromatic carbocycles. The Morgan fingerprint density at radius 3 is 2.22 bits per heavy atom. The van der Waals surface area contributed by atoms with Crippen LogP contribution in [0.5, 0.6) is 5.75 Å². The molecule has 2 rings (SSSR count). The van der Waals surface area contributed by atoms with E-state index in [-0.39, 0.29) is 17.8 Å². The van der Waals surface area contributed by atoms with E-state index in [2.05, 4.69) is 5.32 Å². The molecule has 0 aromatic heterocycles. The molecule has 1 atom stereocenters. The summed E-state index contributed by atoms with van der Waals surface area (Å²) in [5.41, 5.74) is 2.76. The molecule has 0 bridgehead atoms. The molecule has 6 nitrogen and oxygen atoms in total. The van der Waals surface area contributed by atoms with E-state index in [1.54, 1.807) is 29.2 Å². The maximum atomic E-state index is 12.8. The monoisotopic (exact) mass is 390 g/mol. The predicted molar refractivity (Wildman–Crippen MR) is 107 cm³/mol. The number of hydrogen-bond acceptors (Lipinski definition) is 4. The fourth-order valence-electron chi connectivity index (χ4n) is 2.50. The molecule has 27 heavy (non-hydrogen) atoms. The highest BCUT2D eigenvalue weighted by Crippen LogP contribution is 2.18. The first-order chi connectivity index (χ1) is 12.7. The Kier molecular flexibility index (Phi) is 6.85. The number of carbonyl (C=O) groups is 1. The Bertz CT molecular complexity index is 862. The van der Waals surface area contributed by atoms with Crippen molar-refractivity contribution >= 4 is 21.8 Å². The molecule has 0 radical (unpaired) electrons. The average molecular weight is 391 g/mol. The number of amides is 2. The molecule has 0 aliphatic carbocycles. The predicted octanol–water partition coefficient (Wildman–Crippen LogP) is 4.17. The van der Waals surface area contributed by atoms with Crippen molar-refractivity contribution in [3.63, 3.8) is 0 Å². The standard InChI is InChI=1S/C20H26N2O4S/c1-5-16(3)22(20(23)21-18-10-6-15(2)7-11-18)14-17-8-12-19(13-9-17)26-27(4,24)25/h6-13,16H,5,14H2,1-4H3,(H,21,23). The number of anilines is 1. The zero-order chi connectivity index (χ0) is 20.0. The highest BCUT2D eigenvalue weighted by Gasteiger charge is 2.19. The zero-order valence-corrected chi connectivity index (χ0v) is 16.9. The van der Waals surface area contributed by atoms with E-state index < -0.39 is 10.1 Å². The first kappa shape index (κ1) is 20.8. The van der Waals surface area contributed by atoms with Crippen LogP contribution in [0.15, 0.2) is 48.5 Å². The topological polar surface area (TPSA) is 75.7 Å². The average Bonchev–Trinajstić information content (AvgIpc) is 2.61. The fraction of sp³-hybridized carbons (Fsp3) is 0.350. The van der Waals surface area contributed by atoms with Gasteiger partial charge >= 0.3 is 16.1 Å². The molecule has 146 valence electrons. The second kappa shape index (κ2) is 8.90. The van der Waals surface area contributed by atoms with Crippen LogP contribution in [0.1, 0.15) is 31.4 Å². The van der Waals surface area contributed by atoms with Gasteiger partial charge in [0.25, 0.3) is 0 Å². The number of carbonyl (C=O) groups excluding carboxylic acids is 1. The highest BCUT2D eigenvalue weighted by atomic mass is 32.2. The second-order valence-electron chi connectivity index (χ2n) is 6.61. The molecule has 2 aromatic rings. The van der Waals surface area contributed by atoms with Gasteiger partial charge in [-0.05, 0) is 50.1 Å². The quantitative estimate of drug-likeness (QED) is 0.720. The minimum atomic E-state index is -3.56. The maximum Gasteiger partial charge on any atom is 0.322 e. The SMILES string of the molecule is CCC(C)N(Cc1ccc(OS(C)(=O)=O)cc1)C(=O)Nc1ccc(C)cc1. The van der Waals surface area contributed by atoms with Crippen LogP contribution in [0, 0.1) is 6.92 Å². The Morgan fingerprint density at radius 2 is 1.70 bits per heavy atom. The molecule has 7 heteroatoms. The van der Waals surface area contributed by atoms with Gasteiger partial charge in [0.15, 0.2) is 0 Å². The summed E-state index contributed by atoms with van der Waals surface area (Å²) in [6.07, 6.45) is 1.82. The minimum absolute atomic E-state index is 0.0439. The third kappa shape index (κ3) is 6.60. The van der Waals surface area contributed by atoms with Gasteiger partial charge in [0, 0.05) is 18.3 Å². The Balaban J connectivity index is 2.11. The highest BCUT2D eigenvalue weighted by molar-refractivity contribution is 7.86. The Morgan fingerprint density at radius 1 is 1.11 bits per heavy atom. The lowest BCUT2D eigenvalue weighted by Crippen LogP contribution is -2.40. The van der Waals surface area contributed by atoms with Crippen LogP contribution in [0.25, 0.3) is 0 Å². The summed E-state index contributed by atoms with van der Waals surface area (Å²) in [5, 5.41) is 2.93. The van der Waals surface area contributed by atoms with E-state index in [9.17, 15) is 13.2 Å². The van der Waals surface area contributed by atoms with Gasteiger partial charge in [0.1, 0.15) is 5.75 Å². The van der Waals surface area contributed by atoms with Crippen molar-refractivity contribution in [3.05, 3.63) is 59.7 Å². The van der Waals surface area contributed by atoms with Gasteiger partial charge in [-0.3, -0.25) is 0 Å². The Hall–Kier alpha value is -2.54. The van der Waals surface area contributed by atoms with Crippen LogP contribution < -0.4 is 9.50 Å². The van der Waals surface area contributed by atoms with E-state index in [0.717, 1.165) is 29.5 Å². The number of nitrogens with zero attached hydrogens (tertiary/aromatic N) is 1. The van der Waals surface area contributed by atoms with Crippen molar-refractivity contribution in [1.29, 1.82) is 0 Å². The molecular weight excluding hydrogens is 364 g/mol. The Labute approximate surface area is 161 Å². The summed E-state index contributed by atoms with van der Waals surface area (Å²) in [7, 11) is -3.56. The van der Waals surface area contributed by atoms with Crippen LogP contribution in [0.3, 0.4) is 0 Å². The van der Waals surface area contributed by atoms with Crippen molar-refractivity contribution in [2.45, 2.75) is 39.8 Å². The van der Waals surface area contributed by atoms with E-state index >= 15 is 0 Å². The van der Waals surface area contributed by atoms with Crippen molar-refractivity contribution in [2.24, 2.45) is 0 Å². The van der Waals surface area contributed by atoms with Crippen LogP contribution in [-0.4, -0.2) is 31.6 Å². The van der Waals surface area contributed by atoms with Crippen LogP contribution in [0.2, 0.25) is 0 Å². The lowest BCUT2D eigenvalue weighted by Gasteiger charge is -2.29. The molecule has 0 saturated carbocycles. The third-order valence-corrected chi connectivity index (χ3v) is 4.71. The van der Waals surface area contributed by atoms with E-state index in [1.165, 1.54) is 0 Å². The van der Waals surface area contributed by atoms with Crippen molar-refractivity contribution in [1.82, 2.24) is 4.90 Å². The molecule has 2 amide bonds. The van der Waals surface area contributed by atoms with E-state index in [0.29, 0.717) is 6.54 Å². The van der Waals surface area contributed by atoms with E-state index in [1.807, 2.05) is 45.0 Å². The first-order valence-electron chi connectivity index (χ1n) is 8.80. The normalized spacial score (nSPS) is 12.3. The summed E-state index contributed by atoms with van der Waals surface area (Å²) >= 11 is 0. The molecule has 0 heterocycles. The molecule has 0 aliphatic heterocycles. The van der Waals surface area contributed by atoms with Gasteiger partial charge in [-0.25, -0.2) is 4.79 Å². The summed E-state index contributed by atoms with van der Waals surface area (Å²) in [6.45, 7) is 6.43. The molecule has 1 unspecified atom stereocenters. The number of aryl methyl sites for hydroxylation is 1. The van der Waals surface area contributed by atoms with Crippen LogP contribution in [-0.2, 0) is 16.7 Å². The van der Waals surface area contributed by atoms with Crippen LogP contribution >= 0.6 is 0 Å². The van der Waals surface area contributed by atoms with Gasteiger partial charge in [0.05, 0.1) is 6.26 Å². The van der Waals surface area contributed by atoms with Gasteiger partial charge in [-0.1, -0.05) is 36.8 Å². The molecule has 0 spiro atoms. The number of urea groups is 1. The van der Waals surface area contributed by atoms with Gasteiger partial charge < -0.3 is 14.4 Å². The first-order valence-corrected chi connectivity index (χ1v) is 10.6. The van der Waals surface area contributed by atoms with Gasteiger partial charge in [0.2, 0.25) is 0 Å². The summed E-state index contributed by atoms with van der Waals surface area (Å²) in [5.74, 6) is 0.250. The summed E-state index contributed by atoms with van der Waals surface area (Å²) in [6, 6.07) is 14.2. The largest absolute Gasteiger partial charge is 0.383 e. The van der Waals surface area contributed by atoms with Crippen molar-refractivity contribution in [3.8, 4) is 5.75 Å². The second-order valence-corrected chi connectivity index (χ2v) is 8.19. The van der Waals surface area contributed by atoms with Gasteiger partial charge in [-0.2, -0.15) is 8.42 Å². The molecule has 0 aliphatic rings. The van der Waals surface area contributed by atoms with Gasteiger partial charge in [-0.15, -0.1) is 0 Å².